The van der Waals surface area contributed by atoms with Gasteiger partial charge in [-0.25, -0.2) is 0 Å². The van der Waals surface area contributed by atoms with E-state index in [0.717, 1.165) is 18.6 Å². The molecule has 14 heavy (non-hydrogen) atoms. The first-order valence-corrected chi connectivity index (χ1v) is 5.06. The zero-order chi connectivity index (χ0) is 10.6. The molecule has 0 amide bonds. The number of carbonyl (C=O) groups excluding carboxylic acids is 1. The fraction of sp³-hybridized carbons (Fsp3) is 0.583. The Kier molecular flexibility index (Phi) is 3.50. The molecule has 0 saturated carbocycles. The minimum atomic E-state index is 0.0406. The van der Waals surface area contributed by atoms with Crippen LogP contribution in [0.5, 0.6) is 0 Å². The summed E-state index contributed by atoms with van der Waals surface area (Å²) in [5.41, 5.74) is 0.0406. The molecule has 0 atom stereocenters. The van der Waals surface area contributed by atoms with E-state index in [9.17, 15) is 4.79 Å². The predicted octanol–water partition coefficient (Wildman–Crippen LogP) is 3.32. The van der Waals surface area contributed by atoms with Crippen molar-refractivity contribution in [1.82, 2.24) is 0 Å². The highest BCUT2D eigenvalue weighted by molar-refractivity contribution is 5.75. The standard InChI is InChI=1S/C12H18O2/c1-10(13)6-4-8-12(2,3)11-7-5-9-14-11/h5,7,9H,4,6,8H2,1-3H3. The van der Waals surface area contributed by atoms with Crippen molar-refractivity contribution in [2.75, 3.05) is 0 Å². The number of carbonyl (C=O) groups is 1. The second kappa shape index (κ2) is 4.45. The Bertz CT molecular complexity index is 283. The first kappa shape index (κ1) is 11.0. The zero-order valence-corrected chi connectivity index (χ0v) is 9.17. The van der Waals surface area contributed by atoms with Crippen molar-refractivity contribution in [2.24, 2.45) is 0 Å². The van der Waals surface area contributed by atoms with Gasteiger partial charge < -0.3 is 9.21 Å². The number of hydrogen-bond donors (Lipinski definition) is 0. The number of ketones is 1. The van der Waals surface area contributed by atoms with Gasteiger partial charge in [0, 0.05) is 11.8 Å². The molecule has 0 N–H and O–H groups in total. The van der Waals surface area contributed by atoms with E-state index >= 15 is 0 Å². The Balaban J connectivity index is 2.46. The van der Waals surface area contributed by atoms with Crippen LogP contribution in [0.2, 0.25) is 0 Å². The molecule has 0 spiro atoms. The Labute approximate surface area is 85.3 Å². The molecule has 1 rings (SSSR count). The molecule has 0 aliphatic carbocycles. The van der Waals surface area contributed by atoms with Gasteiger partial charge in [-0.1, -0.05) is 13.8 Å². The topological polar surface area (TPSA) is 30.2 Å². The van der Waals surface area contributed by atoms with E-state index < -0.39 is 0 Å². The average Bonchev–Trinajstić information content (AvgIpc) is 2.54. The van der Waals surface area contributed by atoms with Crippen LogP contribution in [-0.2, 0) is 10.2 Å². The van der Waals surface area contributed by atoms with Gasteiger partial charge in [-0.15, -0.1) is 0 Å². The molecule has 0 bridgehead atoms. The summed E-state index contributed by atoms with van der Waals surface area (Å²) in [4.78, 5) is 10.8. The largest absolute Gasteiger partial charge is 0.469 e. The summed E-state index contributed by atoms with van der Waals surface area (Å²) in [5, 5.41) is 0. The van der Waals surface area contributed by atoms with Gasteiger partial charge in [0.25, 0.3) is 0 Å². The lowest BCUT2D eigenvalue weighted by atomic mass is 9.84. The SMILES string of the molecule is CC(=O)CCCC(C)(C)c1ccco1. The molecule has 2 nitrogen and oxygen atoms in total. The molecule has 1 heterocycles. The number of Topliss-reactive ketones (excluding diaryl/α,β-unsaturated/α-hetero) is 1. The van der Waals surface area contributed by atoms with Gasteiger partial charge in [0.1, 0.15) is 11.5 Å². The van der Waals surface area contributed by atoms with Gasteiger partial charge in [-0.2, -0.15) is 0 Å². The Hall–Kier alpha value is -1.05. The molecule has 0 fully saturated rings. The van der Waals surface area contributed by atoms with Crippen LogP contribution < -0.4 is 0 Å². The van der Waals surface area contributed by atoms with E-state index in [-0.39, 0.29) is 11.2 Å². The average molecular weight is 194 g/mol. The van der Waals surface area contributed by atoms with Crippen LogP contribution in [0.4, 0.5) is 0 Å². The Morgan fingerprint density at radius 2 is 2.21 bits per heavy atom. The van der Waals surface area contributed by atoms with Crippen molar-refractivity contribution in [1.29, 1.82) is 0 Å². The van der Waals surface area contributed by atoms with Gasteiger partial charge in [0.2, 0.25) is 0 Å². The second-order valence-corrected chi connectivity index (χ2v) is 4.42. The highest BCUT2D eigenvalue weighted by atomic mass is 16.3. The Morgan fingerprint density at radius 1 is 1.50 bits per heavy atom. The summed E-state index contributed by atoms with van der Waals surface area (Å²) in [5.74, 6) is 1.27. The summed E-state index contributed by atoms with van der Waals surface area (Å²) in [6, 6.07) is 3.90. The van der Waals surface area contributed by atoms with E-state index in [2.05, 4.69) is 13.8 Å². The summed E-state index contributed by atoms with van der Waals surface area (Å²) < 4.78 is 5.37. The van der Waals surface area contributed by atoms with Crippen molar-refractivity contribution in [2.45, 2.75) is 45.4 Å². The van der Waals surface area contributed by atoms with Crippen molar-refractivity contribution in [3.05, 3.63) is 24.2 Å². The lowest BCUT2D eigenvalue weighted by molar-refractivity contribution is -0.117. The van der Waals surface area contributed by atoms with Crippen molar-refractivity contribution in [3.8, 4) is 0 Å². The summed E-state index contributed by atoms with van der Waals surface area (Å²) in [6.45, 7) is 5.93. The molecular weight excluding hydrogens is 176 g/mol. The van der Waals surface area contributed by atoms with Gasteiger partial charge in [0.05, 0.1) is 6.26 Å². The highest BCUT2D eigenvalue weighted by Gasteiger charge is 2.22. The van der Waals surface area contributed by atoms with E-state index in [0.29, 0.717) is 6.42 Å². The quantitative estimate of drug-likeness (QED) is 0.719. The molecule has 1 aromatic rings. The summed E-state index contributed by atoms with van der Waals surface area (Å²) in [7, 11) is 0. The van der Waals surface area contributed by atoms with Gasteiger partial charge in [-0.3, -0.25) is 0 Å². The lowest BCUT2D eigenvalue weighted by Gasteiger charge is -2.21. The van der Waals surface area contributed by atoms with E-state index in [4.69, 9.17) is 4.42 Å². The molecule has 0 radical (unpaired) electrons. The smallest absolute Gasteiger partial charge is 0.129 e. The molecule has 0 saturated heterocycles. The maximum absolute atomic E-state index is 10.8. The summed E-state index contributed by atoms with van der Waals surface area (Å²) in [6.07, 6.45) is 4.29. The molecule has 2 heteroatoms. The van der Waals surface area contributed by atoms with Crippen LogP contribution in [0.25, 0.3) is 0 Å². The summed E-state index contributed by atoms with van der Waals surface area (Å²) >= 11 is 0. The third-order valence-electron chi connectivity index (χ3n) is 2.52. The fourth-order valence-electron chi connectivity index (χ4n) is 1.57. The molecular formula is C12H18O2. The number of rotatable bonds is 5. The molecule has 1 aromatic heterocycles. The van der Waals surface area contributed by atoms with E-state index in [1.54, 1.807) is 13.2 Å². The molecule has 0 aliphatic rings. The third-order valence-corrected chi connectivity index (χ3v) is 2.52. The first-order chi connectivity index (χ1) is 6.52. The van der Waals surface area contributed by atoms with Crippen LogP contribution in [0.3, 0.4) is 0 Å². The van der Waals surface area contributed by atoms with Crippen molar-refractivity contribution >= 4 is 5.78 Å². The molecule has 0 aliphatic heterocycles. The van der Waals surface area contributed by atoms with Crippen LogP contribution >= 0.6 is 0 Å². The second-order valence-electron chi connectivity index (χ2n) is 4.42. The maximum Gasteiger partial charge on any atom is 0.129 e. The molecule has 0 unspecified atom stereocenters. The van der Waals surface area contributed by atoms with Crippen LogP contribution in [0.1, 0.15) is 45.8 Å². The maximum atomic E-state index is 10.8. The van der Waals surface area contributed by atoms with Gasteiger partial charge >= 0.3 is 0 Å². The minimum absolute atomic E-state index is 0.0406. The number of hydrogen-bond acceptors (Lipinski definition) is 2. The number of furan rings is 1. The minimum Gasteiger partial charge on any atom is -0.469 e. The molecule has 78 valence electrons. The highest BCUT2D eigenvalue weighted by Crippen LogP contribution is 2.29. The monoisotopic (exact) mass is 194 g/mol. The fourth-order valence-corrected chi connectivity index (χ4v) is 1.57. The van der Waals surface area contributed by atoms with Crippen molar-refractivity contribution in [3.63, 3.8) is 0 Å². The van der Waals surface area contributed by atoms with Gasteiger partial charge in [-0.05, 0) is 31.9 Å². The first-order valence-electron chi connectivity index (χ1n) is 5.06. The van der Waals surface area contributed by atoms with Crippen molar-refractivity contribution < 1.29 is 9.21 Å². The molecule has 0 aromatic carbocycles. The van der Waals surface area contributed by atoms with E-state index in [1.807, 2.05) is 12.1 Å². The van der Waals surface area contributed by atoms with E-state index in [1.165, 1.54) is 0 Å². The van der Waals surface area contributed by atoms with Crippen LogP contribution in [0.15, 0.2) is 22.8 Å². The predicted molar refractivity (Wildman–Crippen MR) is 56.3 cm³/mol. The Morgan fingerprint density at radius 3 is 2.71 bits per heavy atom. The van der Waals surface area contributed by atoms with Crippen LogP contribution in [0, 0.1) is 0 Å². The normalized spacial score (nSPS) is 11.6. The third kappa shape index (κ3) is 3.02. The lowest BCUT2D eigenvalue weighted by Crippen LogP contribution is -2.16. The van der Waals surface area contributed by atoms with Crippen LogP contribution in [-0.4, -0.2) is 5.78 Å². The zero-order valence-electron chi connectivity index (χ0n) is 9.17. The van der Waals surface area contributed by atoms with Gasteiger partial charge in [0.15, 0.2) is 0 Å².